The number of likely N-dealkylation sites (tertiary alicyclic amines) is 1. The summed E-state index contributed by atoms with van der Waals surface area (Å²) in [5.74, 6) is 1.40. The Kier molecular flexibility index (Phi) is 9.40. The minimum absolute atomic E-state index is 0.0167. The van der Waals surface area contributed by atoms with Crippen molar-refractivity contribution < 1.29 is 22.7 Å². The van der Waals surface area contributed by atoms with Gasteiger partial charge >= 0.3 is 0 Å². The van der Waals surface area contributed by atoms with Gasteiger partial charge in [-0.2, -0.15) is 0 Å². The molecule has 3 aliphatic rings. The molecule has 2 fully saturated rings. The molecule has 2 amide bonds. The zero-order chi connectivity index (χ0) is 32.6. The first-order valence-corrected chi connectivity index (χ1v) is 18.5. The topological polar surface area (TPSA) is 137 Å². The lowest BCUT2D eigenvalue weighted by Crippen LogP contribution is -2.51. The summed E-state index contributed by atoms with van der Waals surface area (Å²) in [5.41, 5.74) is 5.48. The number of nitrogens with zero attached hydrogens (tertiary/aromatic N) is 3. The van der Waals surface area contributed by atoms with Gasteiger partial charge in [0, 0.05) is 69.1 Å². The van der Waals surface area contributed by atoms with Crippen molar-refractivity contribution in [1.82, 2.24) is 30.4 Å². The number of aryl methyl sites for hydroxylation is 2. The minimum Gasteiger partial charge on any atom is -0.493 e. The molecular weight excluding hydrogens is 604 g/mol. The molecule has 6 rings (SSSR count). The number of sulfone groups is 1. The largest absolute Gasteiger partial charge is 0.493 e. The molecule has 0 bridgehead atoms. The number of benzene rings is 2. The number of aromatic amines is 1. The van der Waals surface area contributed by atoms with Crippen molar-refractivity contribution in [3.05, 3.63) is 58.4 Å². The summed E-state index contributed by atoms with van der Waals surface area (Å²) in [6, 6.07) is 10.1. The summed E-state index contributed by atoms with van der Waals surface area (Å²) < 4.78 is 29.2. The SMILES string of the molecule is Cc1ccc(OCC(C)CNC2CCNC(=O)C2c2nc3cc4c(cc3[nH]2)CN(C2CCN(CCS(C)(=O)=O)CC2)C4=O)c(C)c1. The zero-order valence-electron chi connectivity index (χ0n) is 27.3. The first kappa shape index (κ1) is 32.5. The van der Waals surface area contributed by atoms with E-state index < -0.39 is 15.8 Å². The van der Waals surface area contributed by atoms with Crippen molar-refractivity contribution in [3.8, 4) is 5.75 Å². The van der Waals surface area contributed by atoms with Crippen molar-refractivity contribution >= 4 is 32.7 Å². The molecule has 248 valence electrons. The Labute approximate surface area is 271 Å². The smallest absolute Gasteiger partial charge is 0.254 e. The van der Waals surface area contributed by atoms with Gasteiger partial charge in [-0.05, 0) is 62.4 Å². The Morgan fingerprint density at radius 2 is 1.89 bits per heavy atom. The van der Waals surface area contributed by atoms with Crippen LogP contribution in [0, 0.1) is 19.8 Å². The molecule has 3 aliphatic heterocycles. The van der Waals surface area contributed by atoms with E-state index in [1.54, 1.807) is 0 Å². The van der Waals surface area contributed by atoms with Crippen LogP contribution in [-0.2, 0) is 21.2 Å². The monoisotopic (exact) mass is 650 g/mol. The van der Waals surface area contributed by atoms with E-state index in [-0.39, 0.29) is 35.6 Å². The lowest BCUT2D eigenvalue weighted by Gasteiger charge is -2.36. The first-order chi connectivity index (χ1) is 21.9. The third-order valence-corrected chi connectivity index (χ3v) is 10.6. The predicted octanol–water partition coefficient (Wildman–Crippen LogP) is 2.92. The summed E-state index contributed by atoms with van der Waals surface area (Å²) in [4.78, 5) is 39.1. The number of rotatable bonds is 11. The summed E-state index contributed by atoms with van der Waals surface area (Å²) in [6.07, 6.45) is 3.70. The van der Waals surface area contributed by atoms with Crippen molar-refractivity contribution in [2.24, 2.45) is 5.92 Å². The second kappa shape index (κ2) is 13.3. The van der Waals surface area contributed by atoms with Crippen molar-refractivity contribution in [3.63, 3.8) is 0 Å². The number of aromatic nitrogens is 2. The number of ether oxygens (including phenoxy) is 1. The molecule has 0 saturated carbocycles. The van der Waals surface area contributed by atoms with Gasteiger partial charge in [0.25, 0.3) is 5.91 Å². The van der Waals surface area contributed by atoms with Crippen LogP contribution in [0.25, 0.3) is 11.0 Å². The third kappa shape index (κ3) is 7.24. The second-order valence-corrected chi connectivity index (χ2v) is 15.8. The van der Waals surface area contributed by atoms with Crippen LogP contribution in [0.3, 0.4) is 0 Å². The van der Waals surface area contributed by atoms with Crippen LogP contribution in [0.5, 0.6) is 5.75 Å². The normalized spacial score (nSPS) is 21.9. The number of carbonyl (C=O) groups is 2. The molecule has 11 nitrogen and oxygen atoms in total. The highest BCUT2D eigenvalue weighted by Gasteiger charge is 2.38. The average molecular weight is 651 g/mol. The van der Waals surface area contributed by atoms with Gasteiger partial charge in [-0.1, -0.05) is 24.6 Å². The molecule has 46 heavy (non-hydrogen) atoms. The van der Waals surface area contributed by atoms with Crippen LogP contribution in [0.15, 0.2) is 30.3 Å². The molecule has 2 aromatic carbocycles. The predicted molar refractivity (Wildman–Crippen MR) is 178 cm³/mol. The van der Waals surface area contributed by atoms with Crippen molar-refractivity contribution in [2.45, 2.75) is 64.6 Å². The first-order valence-electron chi connectivity index (χ1n) is 16.4. The Morgan fingerprint density at radius 1 is 1.11 bits per heavy atom. The maximum absolute atomic E-state index is 13.5. The number of nitrogens with one attached hydrogen (secondary N) is 3. The average Bonchev–Trinajstić information content (AvgIpc) is 3.57. The van der Waals surface area contributed by atoms with E-state index in [0.29, 0.717) is 49.7 Å². The Bertz CT molecular complexity index is 1710. The molecule has 0 spiro atoms. The van der Waals surface area contributed by atoms with Gasteiger partial charge in [0.2, 0.25) is 5.91 Å². The van der Waals surface area contributed by atoms with E-state index in [9.17, 15) is 18.0 Å². The van der Waals surface area contributed by atoms with E-state index in [1.165, 1.54) is 11.8 Å². The number of piperidine rings is 2. The fourth-order valence-electron chi connectivity index (χ4n) is 7.00. The Hall–Kier alpha value is -3.48. The number of hydrogen-bond acceptors (Lipinski definition) is 8. The van der Waals surface area contributed by atoms with Crippen LogP contribution in [0.2, 0.25) is 0 Å². The van der Waals surface area contributed by atoms with E-state index in [0.717, 1.165) is 54.7 Å². The molecule has 3 atom stereocenters. The number of carbonyl (C=O) groups excluding carboxylic acids is 2. The van der Waals surface area contributed by atoms with Gasteiger partial charge in [-0.15, -0.1) is 0 Å². The highest BCUT2D eigenvalue weighted by atomic mass is 32.2. The molecule has 1 aromatic heterocycles. The maximum Gasteiger partial charge on any atom is 0.254 e. The zero-order valence-corrected chi connectivity index (χ0v) is 28.1. The fourth-order valence-corrected chi connectivity index (χ4v) is 7.59. The molecule has 12 heteroatoms. The van der Waals surface area contributed by atoms with Crippen LogP contribution in [0.4, 0.5) is 0 Å². The summed E-state index contributed by atoms with van der Waals surface area (Å²) >= 11 is 0. The standard InChI is InChI=1S/C34H46N6O5S/c1-21-5-6-30(23(3)15-21)45-20-22(2)18-36-27-7-10-35-33(41)31(27)32-37-28-16-24-19-40(34(42)26(24)17-29(28)38-32)25-8-11-39(12-9-25)13-14-46(4,43)44/h5-6,15-17,22,25,27,31,36H,7-14,18-20H2,1-4H3,(H,35,41)(H,37,38). The van der Waals surface area contributed by atoms with Gasteiger partial charge in [-0.25, -0.2) is 13.4 Å². The number of hydrogen-bond donors (Lipinski definition) is 3. The third-order valence-electron chi connectivity index (χ3n) is 9.65. The lowest BCUT2D eigenvalue weighted by atomic mass is 9.91. The number of amides is 2. The number of imidazole rings is 1. The molecule has 3 N–H and O–H groups in total. The highest BCUT2D eigenvalue weighted by Crippen LogP contribution is 2.33. The van der Waals surface area contributed by atoms with Crippen molar-refractivity contribution in [1.29, 1.82) is 0 Å². The van der Waals surface area contributed by atoms with E-state index in [4.69, 9.17) is 9.72 Å². The van der Waals surface area contributed by atoms with Crippen LogP contribution < -0.4 is 15.4 Å². The Morgan fingerprint density at radius 3 is 2.63 bits per heavy atom. The highest BCUT2D eigenvalue weighted by molar-refractivity contribution is 7.90. The van der Waals surface area contributed by atoms with Gasteiger partial charge in [0.05, 0.1) is 23.4 Å². The summed E-state index contributed by atoms with van der Waals surface area (Å²) in [5, 5.41) is 6.63. The van der Waals surface area contributed by atoms with Crippen LogP contribution in [0.1, 0.15) is 65.0 Å². The van der Waals surface area contributed by atoms with E-state index >= 15 is 0 Å². The van der Waals surface area contributed by atoms with Gasteiger partial charge in [-0.3, -0.25) is 9.59 Å². The maximum atomic E-state index is 13.5. The van der Waals surface area contributed by atoms with Crippen LogP contribution >= 0.6 is 0 Å². The molecule has 3 unspecified atom stereocenters. The minimum atomic E-state index is -2.99. The Balaban J connectivity index is 1.08. The molecule has 4 heterocycles. The summed E-state index contributed by atoms with van der Waals surface area (Å²) in [7, 11) is -2.99. The molecule has 3 aromatic rings. The lowest BCUT2D eigenvalue weighted by molar-refractivity contribution is -0.124. The summed E-state index contributed by atoms with van der Waals surface area (Å²) in [6.45, 7) is 10.8. The molecular formula is C34H46N6O5S. The van der Waals surface area contributed by atoms with E-state index in [1.807, 2.05) is 23.1 Å². The van der Waals surface area contributed by atoms with Gasteiger partial charge in [0.1, 0.15) is 27.3 Å². The van der Waals surface area contributed by atoms with E-state index in [2.05, 4.69) is 53.4 Å². The van der Waals surface area contributed by atoms with Crippen molar-refractivity contribution in [2.75, 3.05) is 51.3 Å². The molecule has 0 aliphatic carbocycles. The van der Waals surface area contributed by atoms with Gasteiger partial charge < -0.3 is 30.2 Å². The molecule has 0 radical (unpaired) electrons. The van der Waals surface area contributed by atoms with Gasteiger partial charge in [0.15, 0.2) is 0 Å². The number of H-pyrrole nitrogens is 1. The molecule has 2 saturated heterocycles. The second-order valence-electron chi connectivity index (χ2n) is 13.5. The number of fused-ring (bicyclic) bond motifs is 2. The fraction of sp³-hybridized carbons (Fsp3) is 0.559. The quantitative estimate of drug-likeness (QED) is 0.288. The van der Waals surface area contributed by atoms with Crippen LogP contribution in [-0.4, -0.2) is 103 Å².